The topological polar surface area (TPSA) is 9.23 Å². The minimum absolute atomic E-state index is 0.0741. The van der Waals surface area contributed by atoms with Gasteiger partial charge < -0.3 is 4.43 Å². The Labute approximate surface area is 88.8 Å². The Hall–Kier alpha value is 0.527. The molecule has 0 N–H and O–H groups in total. The summed E-state index contributed by atoms with van der Waals surface area (Å²) >= 11 is 4.70. The quantitative estimate of drug-likeness (QED) is 0.551. The van der Waals surface area contributed by atoms with E-state index in [1.165, 1.54) is 18.9 Å². The summed E-state index contributed by atoms with van der Waals surface area (Å²) in [6.45, 7) is 9.04. The van der Waals surface area contributed by atoms with Crippen LogP contribution in [0.4, 0.5) is 0 Å². The molecule has 0 spiro atoms. The maximum atomic E-state index is 6.19. The van der Waals surface area contributed by atoms with Crippen LogP contribution in [0.2, 0.25) is 19.1 Å². The molecule has 0 aromatic carbocycles. The minimum atomic E-state index is -1.33. The molecule has 1 fully saturated rings. The molecule has 3 heteroatoms. The predicted molar refractivity (Wildman–Crippen MR) is 64.1 cm³/mol. The molecular formula is C10H22OSSi. The van der Waals surface area contributed by atoms with Gasteiger partial charge >= 0.3 is 0 Å². The first-order valence-electron chi connectivity index (χ1n) is 5.27. The number of thiol groups is 1. The van der Waals surface area contributed by atoms with E-state index in [9.17, 15) is 0 Å². The van der Waals surface area contributed by atoms with E-state index in [-0.39, 0.29) is 4.75 Å². The predicted octanol–water partition coefficient (Wildman–Crippen LogP) is 3.47. The lowest BCUT2D eigenvalue weighted by Crippen LogP contribution is -2.47. The summed E-state index contributed by atoms with van der Waals surface area (Å²) in [7, 11) is -1.33. The molecule has 0 aliphatic carbocycles. The zero-order valence-electron chi connectivity index (χ0n) is 9.26. The highest BCUT2D eigenvalue weighted by atomic mass is 32.1. The van der Waals surface area contributed by atoms with Crippen LogP contribution in [0, 0.1) is 0 Å². The van der Waals surface area contributed by atoms with Crippen LogP contribution in [0.3, 0.4) is 0 Å². The number of rotatable bonds is 2. The van der Waals surface area contributed by atoms with E-state index in [4.69, 9.17) is 17.1 Å². The van der Waals surface area contributed by atoms with Crippen molar-refractivity contribution in [3.8, 4) is 0 Å². The van der Waals surface area contributed by atoms with Crippen LogP contribution in [0.1, 0.15) is 33.1 Å². The summed E-state index contributed by atoms with van der Waals surface area (Å²) in [5.41, 5.74) is 0. The summed E-state index contributed by atoms with van der Waals surface area (Å²) < 4.78 is 6.27. The van der Waals surface area contributed by atoms with E-state index in [2.05, 4.69) is 26.9 Å². The van der Waals surface area contributed by atoms with Crippen molar-refractivity contribution in [2.45, 2.75) is 63.1 Å². The van der Waals surface area contributed by atoms with Gasteiger partial charge in [-0.2, -0.15) is 12.6 Å². The van der Waals surface area contributed by atoms with E-state index in [0.717, 1.165) is 6.42 Å². The van der Waals surface area contributed by atoms with Gasteiger partial charge in [0.2, 0.25) is 0 Å². The molecule has 2 atom stereocenters. The van der Waals surface area contributed by atoms with Crippen molar-refractivity contribution >= 4 is 20.9 Å². The molecule has 1 nitrogen and oxygen atoms in total. The van der Waals surface area contributed by atoms with Gasteiger partial charge in [-0.1, -0.05) is 13.3 Å². The van der Waals surface area contributed by atoms with Crippen molar-refractivity contribution in [1.29, 1.82) is 0 Å². The fraction of sp³-hybridized carbons (Fsp3) is 1.00. The molecule has 0 aromatic heterocycles. The first-order chi connectivity index (χ1) is 5.87. The molecule has 2 unspecified atom stereocenters. The largest absolute Gasteiger partial charge is 0.413 e. The number of hydrogen-bond donors (Lipinski definition) is 1. The van der Waals surface area contributed by atoms with E-state index >= 15 is 0 Å². The highest BCUT2D eigenvalue weighted by molar-refractivity contribution is 7.81. The van der Waals surface area contributed by atoms with Gasteiger partial charge in [0.15, 0.2) is 8.32 Å². The highest BCUT2D eigenvalue weighted by Gasteiger charge is 2.38. The van der Waals surface area contributed by atoms with Gasteiger partial charge in [-0.15, -0.1) is 0 Å². The molecule has 0 bridgehead atoms. The summed E-state index contributed by atoms with van der Waals surface area (Å²) in [5, 5.41) is 0. The van der Waals surface area contributed by atoms with E-state index < -0.39 is 8.32 Å². The second-order valence-corrected chi connectivity index (χ2v) is 10.2. The molecule has 0 aromatic rings. The first-order valence-corrected chi connectivity index (χ1v) is 8.84. The molecule has 1 heterocycles. The van der Waals surface area contributed by atoms with Gasteiger partial charge in [-0.05, 0) is 38.9 Å². The fourth-order valence-electron chi connectivity index (χ4n) is 1.88. The third kappa shape index (κ3) is 3.00. The first kappa shape index (κ1) is 11.6. The zero-order chi connectivity index (χ0) is 10.1. The second kappa shape index (κ2) is 3.95. The monoisotopic (exact) mass is 218 g/mol. The Morgan fingerprint density at radius 1 is 1.54 bits per heavy atom. The third-order valence-corrected chi connectivity index (χ3v) is 6.20. The zero-order valence-corrected chi connectivity index (χ0v) is 11.2. The lowest BCUT2D eigenvalue weighted by molar-refractivity contribution is 0.123. The smallest absolute Gasteiger partial charge is 0.187 e. The van der Waals surface area contributed by atoms with Crippen LogP contribution in [-0.4, -0.2) is 19.2 Å². The van der Waals surface area contributed by atoms with Crippen molar-refractivity contribution in [3.63, 3.8) is 0 Å². The molecule has 1 saturated heterocycles. The summed E-state index contributed by atoms with van der Waals surface area (Å²) in [6, 6.07) is 1.32. The number of hydrogen-bond acceptors (Lipinski definition) is 2. The Morgan fingerprint density at radius 2 is 2.15 bits per heavy atom. The molecule has 0 amide bonds. The SMILES string of the molecule is CCC(C)(S)C1CCC[Si](C)(C)O1. The minimum Gasteiger partial charge on any atom is -0.413 e. The van der Waals surface area contributed by atoms with Crippen molar-refractivity contribution in [1.82, 2.24) is 0 Å². The molecule has 0 radical (unpaired) electrons. The summed E-state index contributed by atoms with van der Waals surface area (Å²) in [4.78, 5) is 0. The lowest BCUT2D eigenvalue weighted by Gasteiger charge is -2.42. The maximum absolute atomic E-state index is 6.19. The Bertz CT molecular complexity index is 180. The molecule has 78 valence electrons. The van der Waals surface area contributed by atoms with Gasteiger partial charge in [0.1, 0.15) is 0 Å². The van der Waals surface area contributed by atoms with Crippen LogP contribution in [0.25, 0.3) is 0 Å². The van der Waals surface area contributed by atoms with E-state index in [1.54, 1.807) is 0 Å². The Morgan fingerprint density at radius 3 is 2.62 bits per heavy atom. The maximum Gasteiger partial charge on any atom is 0.187 e. The van der Waals surface area contributed by atoms with Crippen molar-refractivity contribution in [2.24, 2.45) is 0 Å². The second-order valence-electron chi connectivity index (χ2n) is 4.97. The van der Waals surface area contributed by atoms with Crippen molar-refractivity contribution < 1.29 is 4.43 Å². The normalized spacial score (nSPS) is 32.5. The standard InChI is InChI=1S/C10H22OSSi/c1-5-10(2,12)9-7-6-8-13(3,4)11-9/h9,12H,5-8H2,1-4H3. The molecule has 0 saturated carbocycles. The van der Waals surface area contributed by atoms with E-state index in [1.807, 2.05) is 0 Å². The van der Waals surface area contributed by atoms with E-state index in [0.29, 0.717) is 6.10 Å². The average Bonchev–Trinajstić information content (AvgIpc) is 2.03. The summed E-state index contributed by atoms with van der Waals surface area (Å²) in [5.74, 6) is 0. The third-order valence-electron chi connectivity index (χ3n) is 3.12. The van der Waals surface area contributed by atoms with Crippen LogP contribution in [0.15, 0.2) is 0 Å². The lowest BCUT2D eigenvalue weighted by atomic mass is 9.97. The van der Waals surface area contributed by atoms with Gasteiger partial charge in [0.05, 0.1) is 6.10 Å². The molecule has 1 aliphatic heterocycles. The molecule has 1 aliphatic rings. The Kier molecular flexibility index (Phi) is 3.53. The van der Waals surface area contributed by atoms with Crippen LogP contribution in [-0.2, 0) is 4.43 Å². The Balaban J connectivity index is 2.61. The molecule has 13 heavy (non-hydrogen) atoms. The van der Waals surface area contributed by atoms with Gasteiger partial charge in [-0.3, -0.25) is 0 Å². The van der Waals surface area contributed by atoms with Crippen molar-refractivity contribution in [2.75, 3.05) is 0 Å². The molecule has 1 rings (SSSR count). The van der Waals surface area contributed by atoms with Crippen LogP contribution < -0.4 is 0 Å². The van der Waals surface area contributed by atoms with Crippen LogP contribution in [0.5, 0.6) is 0 Å². The van der Waals surface area contributed by atoms with Crippen LogP contribution >= 0.6 is 12.6 Å². The molecular weight excluding hydrogens is 196 g/mol. The average molecular weight is 218 g/mol. The van der Waals surface area contributed by atoms with Gasteiger partial charge in [-0.25, -0.2) is 0 Å². The summed E-state index contributed by atoms with van der Waals surface area (Å²) in [6.07, 6.45) is 4.01. The van der Waals surface area contributed by atoms with Gasteiger partial charge in [0.25, 0.3) is 0 Å². The fourth-order valence-corrected chi connectivity index (χ4v) is 4.48. The van der Waals surface area contributed by atoms with Gasteiger partial charge in [0, 0.05) is 4.75 Å². The van der Waals surface area contributed by atoms with Crippen molar-refractivity contribution in [3.05, 3.63) is 0 Å². The highest BCUT2D eigenvalue weighted by Crippen LogP contribution is 2.36.